The van der Waals surface area contributed by atoms with Gasteiger partial charge < -0.3 is 19.4 Å². The predicted molar refractivity (Wildman–Crippen MR) is 130 cm³/mol. The highest BCUT2D eigenvalue weighted by molar-refractivity contribution is 5.91. The molecule has 0 saturated carbocycles. The maximum atomic E-state index is 13.7. The van der Waals surface area contributed by atoms with Crippen molar-refractivity contribution in [1.82, 2.24) is 19.6 Å². The van der Waals surface area contributed by atoms with E-state index in [2.05, 4.69) is 10.00 Å². The van der Waals surface area contributed by atoms with Crippen LogP contribution in [0.5, 0.6) is 0 Å². The van der Waals surface area contributed by atoms with Crippen molar-refractivity contribution in [3.63, 3.8) is 0 Å². The Morgan fingerprint density at radius 2 is 1.78 bits per heavy atom. The van der Waals surface area contributed by atoms with Gasteiger partial charge in [0, 0.05) is 65.5 Å². The van der Waals surface area contributed by atoms with Crippen LogP contribution in [0.3, 0.4) is 0 Å². The maximum absolute atomic E-state index is 13.7. The molecule has 37 heavy (non-hydrogen) atoms. The molecule has 3 fully saturated rings. The van der Waals surface area contributed by atoms with Crippen LogP contribution in [0.25, 0.3) is 0 Å². The van der Waals surface area contributed by atoms with Crippen LogP contribution >= 0.6 is 0 Å². The molecule has 200 valence electrons. The average molecular weight is 521 g/mol. The molecular weight excluding hydrogens is 489 g/mol. The number of aromatic nitrogens is 2. The summed E-state index contributed by atoms with van der Waals surface area (Å²) in [5.74, 6) is 0.451. The summed E-state index contributed by atoms with van der Waals surface area (Å²) in [6.45, 7) is 6.48. The van der Waals surface area contributed by atoms with Crippen LogP contribution < -0.4 is 9.80 Å². The molecule has 1 aromatic carbocycles. The molecule has 0 N–H and O–H groups in total. The van der Waals surface area contributed by atoms with Gasteiger partial charge in [-0.3, -0.25) is 9.69 Å². The van der Waals surface area contributed by atoms with Gasteiger partial charge in [-0.15, -0.1) is 0 Å². The Bertz CT molecular complexity index is 1150. The second-order valence-corrected chi connectivity index (χ2v) is 10.1. The lowest BCUT2D eigenvalue weighted by atomic mass is 10.0. The van der Waals surface area contributed by atoms with Gasteiger partial charge in [0.05, 0.1) is 36.9 Å². The molecule has 3 aliphatic rings. The normalized spacial score (nSPS) is 22.4. The summed E-state index contributed by atoms with van der Waals surface area (Å²) >= 11 is 0. The van der Waals surface area contributed by atoms with Crippen LogP contribution in [-0.4, -0.2) is 91.0 Å². The van der Waals surface area contributed by atoms with Crippen LogP contribution in [0.2, 0.25) is 0 Å². The minimum absolute atomic E-state index is 0.145. The van der Waals surface area contributed by atoms with Crippen molar-refractivity contribution in [3.05, 3.63) is 41.7 Å². The summed E-state index contributed by atoms with van der Waals surface area (Å²) in [5.41, 5.74) is 1.01. The standard InChI is InChI=1S/C25H31F3N6O3/c1-17(35)30(2)21-10-29-34(16-21)24(36)33-14-19-12-31(13-20(19)15-33)11-18-3-4-22(25(26,27)28)23(9-18)32-5-7-37-8-6-32/h3-4,9-10,16,19-20H,5-8,11-15H2,1-2H3. The summed E-state index contributed by atoms with van der Waals surface area (Å²) < 4.78 is 47.6. The number of anilines is 2. The van der Waals surface area contributed by atoms with Crippen LogP contribution in [0.4, 0.5) is 29.3 Å². The Morgan fingerprint density at radius 1 is 1.11 bits per heavy atom. The second-order valence-electron chi connectivity index (χ2n) is 10.1. The molecule has 1 aromatic heterocycles. The van der Waals surface area contributed by atoms with E-state index >= 15 is 0 Å². The summed E-state index contributed by atoms with van der Waals surface area (Å²) in [6, 6.07) is 4.22. The second kappa shape index (κ2) is 9.97. The smallest absolute Gasteiger partial charge is 0.378 e. The Hall–Kier alpha value is -3.12. The van der Waals surface area contributed by atoms with E-state index in [0.29, 0.717) is 63.5 Å². The van der Waals surface area contributed by atoms with E-state index in [1.807, 2.05) is 0 Å². The number of carbonyl (C=O) groups is 2. The quantitative estimate of drug-likeness (QED) is 0.618. The molecule has 4 heterocycles. The molecule has 0 radical (unpaired) electrons. The molecule has 2 amide bonds. The molecule has 0 bridgehead atoms. The Kier molecular flexibility index (Phi) is 6.88. The summed E-state index contributed by atoms with van der Waals surface area (Å²) in [5, 5.41) is 4.13. The van der Waals surface area contributed by atoms with Gasteiger partial charge in [-0.2, -0.15) is 23.0 Å². The molecule has 2 unspecified atom stereocenters. The summed E-state index contributed by atoms with van der Waals surface area (Å²) in [6.07, 6.45) is -1.36. The number of ether oxygens (including phenoxy) is 1. The van der Waals surface area contributed by atoms with E-state index in [-0.39, 0.29) is 17.6 Å². The third kappa shape index (κ3) is 5.30. The third-order valence-electron chi connectivity index (χ3n) is 7.58. The number of morpholine rings is 1. The predicted octanol–water partition coefficient (Wildman–Crippen LogP) is 2.75. The van der Waals surface area contributed by atoms with E-state index < -0.39 is 11.7 Å². The fourth-order valence-electron chi connectivity index (χ4n) is 5.53. The van der Waals surface area contributed by atoms with Crippen LogP contribution in [0.15, 0.2) is 30.6 Å². The van der Waals surface area contributed by atoms with Crippen molar-refractivity contribution in [1.29, 1.82) is 0 Å². The lowest BCUT2D eigenvalue weighted by molar-refractivity contribution is -0.137. The highest BCUT2D eigenvalue weighted by Gasteiger charge is 2.42. The molecule has 0 spiro atoms. The van der Waals surface area contributed by atoms with Crippen LogP contribution in [0.1, 0.15) is 18.1 Å². The number of nitrogens with zero attached hydrogens (tertiary/aromatic N) is 6. The van der Waals surface area contributed by atoms with Gasteiger partial charge in [-0.1, -0.05) is 6.07 Å². The van der Waals surface area contributed by atoms with E-state index in [4.69, 9.17) is 4.74 Å². The number of benzene rings is 1. The zero-order chi connectivity index (χ0) is 26.3. The fraction of sp³-hybridized carbons (Fsp3) is 0.560. The molecule has 3 saturated heterocycles. The minimum atomic E-state index is -4.41. The van der Waals surface area contributed by atoms with Gasteiger partial charge in [0.15, 0.2) is 0 Å². The van der Waals surface area contributed by atoms with Crippen LogP contribution in [-0.2, 0) is 22.3 Å². The van der Waals surface area contributed by atoms with E-state index in [9.17, 15) is 22.8 Å². The van der Waals surface area contributed by atoms with Crippen molar-refractivity contribution in [2.24, 2.45) is 11.8 Å². The lowest BCUT2D eigenvalue weighted by Gasteiger charge is -2.31. The molecule has 12 heteroatoms. The van der Waals surface area contributed by atoms with E-state index in [1.165, 1.54) is 28.8 Å². The van der Waals surface area contributed by atoms with Gasteiger partial charge in [-0.25, -0.2) is 4.79 Å². The monoisotopic (exact) mass is 520 g/mol. The molecule has 0 aliphatic carbocycles. The zero-order valence-electron chi connectivity index (χ0n) is 20.9. The number of alkyl halides is 3. The van der Waals surface area contributed by atoms with E-state index in [0.717, 1.165) is 18.7 Å². The summed E-state index contributed by atoms with van der Waals surface area (Å²) in [4.78, 5) is 31.8. The number of carbonyl (C=O) groups excluding carboxylic acids is 2. The van der Waals surface area contributed by atoms with E-state index in [1.54, 1.807) is 35.2 Å². The Balaban J connectivity index is 1.21. The molecule has 3 aliphatic heterocycles. The number of rotatable bonds is 4. The van der Waals surface area contributed by atoms with Crippen LogP contribution in [0, 0.1) is 11.8 Å². The number of hydrogen-bond acceptors (Lipinski definition) is 6. The molecule has 2 aromatic rings. The van der Waals surface area contributed by atoms with Crippen molar-refractivity contribution < 1.29 is 27.5 Å². The lowest BCUT2D eigenvalue weighted by Crippen LogP contribution is -2.37. The number of fused-ring (bicyclic) bond motifs is 1. The first-order valence-electron chi connectivity index (χ1n) is 12.4. The molecule has 2 atom stereocenters. The first kappa shape index (κ1) is 25.5. The highest BCUT2D eigenvalue weighted by atomic mass is 19.4. The van der Waals surface area contributed by atoms with Crippen molar-refractivity contribution in [2.45, 2.75) is 19.6 Å². The first-order valence-corrected chi connectivity index (χ1v) is 12.4. The van der Waals surface area contributed by atoms with Gasteiger partial charge in [0.2, 0.25) is 5.91 Å². The van der Waals surface area contributed by atoms with Gasteiger partial charge in [0.1, 0.15) is 0 Å². The SMILES string of the molecule is CC(=O)N(C)c1cnn(C(=O)N2CC3CN(Cc4ccc(C(F)(F)F)c(N5CCOCC5)c4)CC3C2)c1. The average Bonchev–Trinajstić information content (AvgIpc) is 3.58. The molecular formula is C25H31F3N6O3. The third-order valence-corrected chi connectivity index (χ3v) is 7.58. The maximum Gasteiger partial charge on any atom is 0.418 e. The number of likely N-dealkylation sites (tertiary alicyclic amines) is 2. The molecule has 9 nitrogen and oxygen atoms in total. The molecule has 5 rings (SSSR count). The topological polar surface area (TPSA) is 74.2 Å². The number of amides is 2. The number of hydrogen-bond donors (Lipinski definition) is 0. The number of halogens is 3. The van der Waals surface area contributed by atoms with Crippen molar-refractivity contribution >= 4 is 23.3 Å². The fourth-order valence-corrected chi connectivity index (χ4v) is 5.53. The van der Waals surface area contributed by atoms with Crippen molar-refractivity contribution in [3.8, 4) is 0 Å². The summed E-state index contributed by atoms with van der Waals surface area (Å²) in [7, 11) is 1.63. The zero-order valence-corrected chi connectivity index (χ0v) is 20.9. The Morgan fingerprint density at radius 3 is 2.41 bits per heavy atom. The largest absolute Gasteiger partial charge is 0.418 e. The minimum Gasteiger partial charge on any atom is -0.378 e. The van der Waals surface area contributed by atoms with Crippen molar-refractivity contribution in [2.75, 3.05) is 69.3 Å². The van der Waals surface area contributed by atoms with Gasteiger partial charge in [-0.05, 0) is 29.5 Å². The Labute approximate surface area is 213 Å². The first-order chi connectivity index (χ1) is 17.6. The van der Waals surface area contributed by atoms with Gasteiger partial charge in [0.25, 0.3) is 0 Å². The highest BCUT2D eigenvalue weighted by Crippen LogP contribution is 2.38. The van der Waals surface area contributed by atoms with Gasteiger partial charge >= 0.3 is 12.2 Å².